The summed E-state index contributed by atoms with van der Waals surface area (Å²) in [4.78, 5) is 0. The third-order valence-corrected chi connectivity index (χ3v) is 2.40. The molecule has 0 unspecified atom stereocenters. The van der Waals surface area contributed by atoms with Crippen LogP contribution in [0.15, 0.2) is 24.3 Å². The van der Waals surface area contributed by atoms with E-state index < -0.39 is 10.1 Å². The lowest BCUT2D eigenvalue weighted by Gasteiger charge is -2.03. The van der Waals surface area contributed by atoms with Crippen molar-refractivity contribution in [1.29, 1.82) is 5.26 Å². The monoisotopic (exact) mass is 225 g/mol. The van der Waals surface area contributed by atoms with Crippen LogP contribution in [0.3, 0.4) is 0 Å². The normalized spacial score (nSPS) is 10.9. The number of nitriles is 1. The SMILES string of the molecule is CS(=O)(=O)OCCc1ccccc1C#N. The van der Waals surface area contributed by atoms with Crippen LogP contribution in [0.2, 0.25) is 0 Å². The van der Waals surface area contributed by atoms with Gasteiger partial charge >= 0.3 is 0 Å². The number of rotatable bonds is 4. The van der Waals surface area contributed by atoms with Gasteiger partial charge in [0.15, 0.2) is 0 Å². The van der Waals surface area contributed by atoms with Crippen molar-refractivity contribution in [2.24, 2.45) is 0 Å². The fourth-order valence-corrected chi connectivity index (χ4v) is 1.54. The molecule has 0 saturated heterocycles. The molecule has 80 valence electrons. The second-order valence-corrected chi connectivity index (χ2v) is 4.69. The van der Waals surface area contributed by atoms with Gasteiger partial charge < -0.3 is 0 Å². The van der Waals surface area contributed by atoms with E-state index in [1.54, 1.807) is 24.3 Å². The first kappa shape index (κ1) is 11.7. The van der Waals surface area contributed by atoms with Crippen molar-refractivity contribution in [1.82, 2.24) is 0 Å². The molecule has 0 heterocycles. The van der Waals surface area contributed by atoms with E-state index in [1.165, 1.54) is 0 Å². The number of nitrogens with zero attached hydrogens (tertiary/aromatic N) is 1. The van der Waals surface area contributed by atoms with Crippen LogP contribution in [-0.4, -0.2) is 21.3 Å². The van der Waals surface area contributed by atoms with Crippen LogP contribution in [0.1, 0.15) is 11.1 Å². The van der Waals surface area contributed by atoms with Crippen LogP contribution in [0.25, 0.3) is 0 Å². The van der Waals surface area contributed by atoms with Crippen LogP contribution in [-0.2, 0) is 20.7 Å². The fraction of sp³-hybridized carbons (Fsp3) is 0.300. The predicted octanol–water partition coefficient (Wildman–Crippen LogP) is 1.08. The first-order valence-electron chi connectivity index (χ1n) is 4.35. The van der Waals surface area contributed by atoms with Crippen LogP contribution < -0.4 is 0 Å². The van der Waals surface area contributed by atoms with Gasteiger partial charge in [0, 0.05) is 0 Å². The summed E-state index contributed by atoms with van der Waals surface area (Å²) in [5.41, 5.74) is 1.35. The van der Waals surface area contributed by atoms with Crippen molar-refractivity contribution in [3.8, 4) is 6.07 Å². The van der Waals surface area contributed by atoms with E-state index in [9.17, 15) is 8.42 Å². The molecule has 0 radical (unpaired) electrons. The summed E-state index contributed by atoms with van der Waals surface area (Å²) < 4.78 is 26.0. The van der Waals surface area contributed by atoms with Crippen LogP contribution in [0, 0.1) is 11.3 Å². The van der Waals surface area contributed by atoms with E-state index in [0.717, 1.165) is 11.8 Å². The molecule has 0 saturated carbocycles. The minimum absolute atomic E-state index is 0.0670. The molecule has 0 fully saturated rings. The Labute approximate surface area is 89.2 Å². The molecule has 0 aromatic heterocycles. The zero-order chi connectivity index (χ0) is 11.3. The van der Waals surface area contributed by atoms with Gasteiger partial charge in [-0.1, -0.05) is 18.2 Å². The first-order chi connectivity index (χ1) is 7.03. The zero-order valence-electron chi connectivity index (χ0n) is 8.30. The largest absolute Gasteiger partial charge is 0.270 e. The summed E-state index contributed by atoms with van der Waals surface area (Å²) in [6.45, 7) is 0.0670. The molecule has 0 aliphatic heterocycles. The average Bonchev–Trinajstić information content (AvgIpc) is 2.16. The molecule has 15 heavy (non-hydrogen) atoms. The summed E-state index contributed by atoms with van der Waals surface area (Å²) in [7, 11) is -3.40. The summed E-state index contributed by atoms with van der Waals surface area (Å²) in [6.07, 6.45) is 1.42. The van der Waals surface area contributed by atoms with E-state index in [0.29, 0.717) is 12.0 Å². The lowest BCUT2D eigenvalue weighted by atomic mass is 10.1. The third kappa shape index (κ3) is 4.11. The Kier molecular flexibility index (Phi) is 3.83. The summed E-state index contributed by atoms with van der Waals surface area (Å²) in [5, 5.41) is 8.77. The molecule has 0 aliphatic carbocycles. The number of hydrogen-bond acceptors (Lipinski definition) is 4. The van der Waals surface area contributed by atoms with Gasteiger partial charge in [0.2, 0.25) is 0 Å². The van der Waals surface area contributed by atoms with Gasteiger partial charge in [-0.05, 0) is 18.1 Å². The molecule has 0 N–H and O–H groups in total. The van der Waals surface area contributed by atoms with Crippen LogP contribution in [0.4, 0.5) is 0 Å². The second-order valence-electron chi connectivity index (χ2n) is 3.05. The van der Waals surface area contributed by atoms with E-state index in [1.807, 2.05) is 6.07 Å². The highest BCUT2D eigenvalue weighted by Crippen LogP contribution is 2.08. The molecule has 0 bridgehead atoms. The average molecular weight is 225 g/mol. The van der Waals surface area contributed by atoms with Crippen molar-refractivity contribution in [3.63, 3.8) is 0 Å². The van der Waals surface area contributed by atoms with Gasteiger partial charge in [-0.15, -0.1) is 0 Å². The number of hydrogen-bond donors (Lipinski definition) is 0. The molecule has 5 heteroatoms. The Bertz CT molecular complexity index is 474. The van der Waals surface area contributed by atoms with Gasteiger partial charge in [0.25, 0.3) is 10.1 Å². The summed E-state index contributed by atoms with van der Waals surface area (Å²) in [5.74, 6) is 0. The molecular formula is C10H11NO3S. The van der Waals surface area contributed by atoms with Crippen molar-refractivity contribution < 1.29 is 12.6 Å². The van der Waals surface area contributed by atoms with Gasteiger partial charge in [0.05, 0.1) is 24.5 Å². The predicted molar refractivity (Wildman–Crippen MR) is 55.7 cm³/mol. The van der Waals surface area contributed by atoms with E-state index in [-0.39, 0.29) is 6.61 Å². The Balaban J connectivity index is 2.63. The van der Waals surface area contributed by atoms with Gasteiger partial charge in [0.1, 0.15) is 0 Å². The lowest BCUT2D eigenvalue weighted by Crippen LogP contribution is -2.06. The maximum atomic E-state index is 10.7. The van der Waals surface area contributed by atoms with E-state index in [4.69, 9.17) is 5.26 Å². The smallest absolute Gasteiger partial charge is 0.264 e. The minimum Gasteiger partial charge on any atom is -0.270 e. The maximum Gasteiger partial charge on any atom is 0.264 e. The first-order valence-corrected chi connectivity index (χ1v) is 6.17. The molecular weight excluding hydrogens is 214 g/mol. The van der Waals surface area contributed by atoms with Crippen molar-refractivity contribution in [2.75, 3.05) is 12.9 Å². The van der Waals surface area contributed by atoms with Crippen LogP contribution in [0.5, 0.6) is 0 Å². The highest BCUT2D eigenvalue weighted by Gasteiger charge is 2.04. The zero-order valence-corrected chi connectivity index (χ0v) is 9.12. The lowest BCUT2D eigenvalue weighted by molar-refractivity contribution is 0.326. The Morgan fingerprint density at radius 1 is 1.40 bits per heavy atom. The highest BCUT2D eigenvalue weighted by molar-refractivity contribution is 7.85. The fourth-order valence-electron chi connectivity index (χ4n) is 1.15. The molecule has 1 rings (SSSR count). The Hall–Kier alpha value is -1.38. The van der Waals surface area contributed by atoms with E-state index >= 15 is 0 Å². The molecule has 0 amide bonds. The number of benzene rings is 1. The molecule has 0 aliphatic rings. The van der Waals surface area contributed by atoms with Crippen LogP contribution >= 0.6 is 0 Å². The quantitative estimate of drug-likeness (QED) is 0.719. The van der Waals surface area contributed by atoms with Crippen molar-refractivity contribution >= 4 is 10.1 Å². The molecule has 4 nitrogen and oxygen atoms in total. The molecule has 1 aromatic carbocycles. The highest BCUT2D eigenvalue weighted by atomic mass is 32.2. The molecule has 0 spiro atoms. The Morgan fingerprint density at radius 2 is 2.07 bits per heavy atom. The third-order valence-electron chi connectivity index (χ3n) is 1.81. The van der Waals surface area contributed by atoms with Crippen molar-refractivity contribution in [3.05, 3.63) is 35.4 Å². The molecule has 1 aromatic rings. The standard InChI is InChI=1S/C10H11NO3S/c1-15(12,13)14-7-6-9-4-2-3-5-10(9)8-11/h2-5H,6-7H2,1H3. The van der Waals surface area contributed by atoms with Gasteiger partial charge in [-0.3, -0.25) is 4.18 Å². The molecule has 0 atom stereocenters. The van der Waals surface area contributed by atoms with E-state index in [2.05, 4.69) is 4.18 Å². The van der Waals surface area contributed by atoms with Gasteiger partial charge in [-0.2, -0.15) is 13.7 Å². The summed E-state index contributed by atoms with van der Waals surface area (Å²) >= 11 is 0. The maximum absolute atomic E-state index is 10.7. The van der Waals surface area contributed by atoms with Crippen molar-refractivity contribution in [2.45, 2.75) is 6.42 Å². The Morgan fingerprint density at radius 3 is 2.67 bits per heavy atom. The topological polar surface area (TPSA) is 67.2 Å². The minimum atomic E-state index is -3.40. The second kappa shape index (κ2) is 4.91. The summed E-state index contributed by atoms with van der Waals surface area (Å²) in [6, 6.07) is 9.08. The van der Waals surface area contributed by atoms with Gasteiger partial charge in [-0.25, -0.2) is 0 Å².